The van der Waals surface area contributed by atoms with Gasteiger partial charge in [0, 0.05) is 20.6 Å². The zero-order chi connectivity index (χ0) is 15.4. The van der Waals surface area contributed by atoms with Crippen LogP contribution in [0.15, 0.2) is 50.4 Å². The Morgan fingerprint density at radius 2 is 1.81 bits per heavy atom. The Morgan fingerprint density at radius 1 is 1.14 bits per heavy atom. The highest BCUT2D eigenvalue weighted by Gasteiger charge is 2.12. The molecular formula is C14H10Br2N2O3. The SMILES string of the molecule is O=C(N/N=C\c1ccc(O)cc1O)c1c(Br)cccc1Br. The van der Waals surface area contributed by atoms with Crippen molar-refractivity contribution in [2.75, 3.05) is 0 Å². The fourth-order valence-electron chi connectivity index (χ4n) is 1.57. The molecule has 3 N–H and O–H groups in total. The van der Waals surface area contributed by atoms with E-state index in [9.17, 15) is 15.0 Å². The highest BCUT2D eigenvalue weighted by molar-refractivity contribution is 9.11. The molecule has 0 aromatic heterocycles. The number of aromatic hydroxyl groups is 2. The van der Waals surface area contributed by atoms with E-state index in [2.05, 4.69) is 42.4 Å². The predicted octanol–water partition coefficient (Wildman–Crippen LogP) is 3.39. The topological polar surface area (TPSA) is 81.9 Å². The molecule has 0 aliphatic heterocycles. The van der Waals surface area contributed by atoms with E-state index in [-0.39, 0.29) is 11.5 Å². The summed E-state index contributed by atoms with van der Waals surface area (Å²) in [6.45, 7) is 0. The Hall–Kier alpha value is -1.86. The number of benzene rings is 2. The Morgan fingerprint density at radius 3 is 2.43 bits per heavy atom. The first-order chi connectivity index (χ1) is 9.99. The summed E-state index contributed by atoms with van der Waals surface area (Å²) in [5.74, 6) is -0.579. The summed E-state index contributed by atoms with van der Waals surface area (Å²) >= 11 is 6.59. The predicted molar refractivity (Wildman–Crippen MR) is 86.7 cm³/mol. The molecular weight excluding hydrogens is 404 g/mol. The largest absolute Gasteiger partial charge is 0.508 e. The second-order valence-corrected chi connectivity index (χ2v) is 5.75. The number of nitrogens with zero attached hydrogens (tertiary/aromatic N) is 1. The van der Waals surface area contributed by atoms with Crippen LogP contribution in [-0.4, -0.2) is 22.3 Å². The number of hydrazone groups is 1. The second-order valence-electron chi connectivity index (χ2n) is 4.04. The van der Waals surface area contributed by atoms with Crippen LogP contribution < -0.4 is 5.43 Å². The van der Waals surface area contributed by atoms with Crippen molar-refractivity contribution in [3.63, 3.8) is 0 Å². The number of halogens is 2. The van der Waals surface area contributed by atoms with Crippen LogP contribution in [0.5, 0.6) is 11.5 Å². The molecule has 0 saturated carbocycles. The summed E-state index contributed by atoms with van der Waals surface area (Å²) in [5, 5.41) is 22.5. The van der Waals surface area contributed by atoms with Crippen molar-refractivity contribution in [2.45, 2.75) is 0 Å². The maximum atomic E-state index is 12.0. The van der Waals surface area contributed by atoms with Crippen LogP contribution in [0.3, 0.4) is 0 Å². The lowest BCUT2D eigenvalue weighted by atomic mass is 10.2. The molecule has 21 heavy (non-hydrogen) atoms. The van der Waals surface area contributed by atoms with E-state index < -0.39 is 5.91 Å². The monoisotopic (exact) mass is 412 g/mol. The molecule has 0 fully saturated rings. The van der Waals surface area contributed by atoms with E-state index in [0.29, 0.717) is 20.1 Å². The Balaban J connectivity index is 2.12. The zero-order valence-corrected chi connectivity index (χ0v) is 13.7. The van der Waals surface area contributed by atoms with Gasteiger partial charge in [-0.15, -0.1) is 0 Å². The Bertz CT molecular complexity index is 697. The number of hydrogen-bond donors (Lipinski definition) is 3. The molecule has 0 unspecified atom stereocenters. The Kier molecular flexibility index (Phi) is 4.98. The number of hydrogen-bond acceptors (Lipinski definition) is 4. The van der Waals surface area contributed by atoms with Crippen LogP contribution >= 0.6 is 31.9 Å². The van der Waals surface area contributed by atoms with E-state index in [0.717, 1.165) is 0 Å². The Labute approximate surface area is 137 Å². The highest BCUT2D eigenvalue weighted by Crippen LogP contribution is 2.25. The summed E-state index contributed by atoms with van der Waals surface area (Å²) in [7, 11) is 0. The molecule has 1 amide bonds. The average Bonchev–Trinajstić information content (AvgIpc) is 2.41. The van der Waals surface area contributed by atoms with Crippen LogP contribution in [0, 0.1) is 0 Å². The van der Waals surface area contributed by atoms with Gasteiger partial charge >= 0.3 is 0 Å². The molecule has 0 aliphatic rings. The average molecular weight is 414 g/mol. The maximum absolute atomic E-state index is 12.0. The van der Waals surface area contributed by atoms with Crippen LogP contribution in [0.2, 0.25) is 0 Å². The lowest BCUT2D eigenvalue weighted by Gasteiger charge is -2.05. The molecule has 2 aromatic carbocycles. The number of phenolic OH excluding ortho intramolecular Hbond substituents is 2. The summed E-state index contributed by atoms with van der Waals surface area (Å²) in [6, 6.07) is 9.36. The number of carbonyl (C=O) groups is 1. The highest BCUT2D eigenvalue weighted by atomic mass is 79.9. The van der Waals surface area contributed by atoms with Gasteiger partial charge in [0.25, 0.3) is 5.91 Å². The quantitative estimate of drug-likeness (QED) is 0.532. The molecule has 2 aromatic rings. The number of rotatable bonds is 3. The normalized spacial score (nSPS) is 10.8. The van der Waals surface area contributed by atoms with Crippen LogP contribution in [0.1, 0.15) is 15.9 Å². The lowest BCUT2D eigenvalue weighted by Crippen LogP contribution is -2.18. The van der Waals surface area contributed by atoms with Gasteiger partial charge in [0.15, 0.2) is 0 Å². The van der Waals surface area contributed by atoms with Crippen molar-refractivity contribution in [1.29, 1.82) is 0 Å². The molecule has 0 bridgehead atoms. The van der Waals surface area contributed by atoms with Crippen LogP contribution in [0.4, 0.5) is 0 Å². The van der Waals surface area contributed by atoms with E-state index in [1.54, 1.807) is 18.2 Å². The maximum Gasteiger partial charge on any atom is 0.273 e. The van der Waals surface area contributed by atoms with Gasteiger partial charge in [-0.1, -0.05) is 6.07 Å². The minimum atomic E-state index is -0.399. The second kappa shape index (κ2) is 6.73. The van der Waals surface area contributed by atoms with Crippen LogP contribution in [0.25, 0.3) is 0 Å². The fraction of sp³-hybridized carbons (Fsp3) is 0. The molecule has 0 heterocycles. The molecule has 0 atom stereocenters. The van der Waals surface area contributed by atoms with Gasteiger partial charge in [-0.2, -0.15) is 5.10 Å². The van der Waals surface area contributed by atoms with E-state index in [1.807, 2.05) is 0 Å². The van der Waals surface area contributed by atoms with Crippen LogP contribution in [-0.2, 0) is 0 Å². The summed E-state index contributed by atoms with van der Waals surface area (Å²) in [4.78, 5) is 12.0. The molecule has 0 saturated heterocycles. The molecule has 0 aliphatic carbocycles. The van der Waals surface area contributed by atoms with Gasteiger partial charge in [-0.25, -0.2) is 5.43 Å². The van der Waals surface area contributed by atoms with Crippen molar-refractivity contribution >= 4 is 44.0 Å². The molecule has 2 rings (SSSR count). The van der Waals surface area contributed by atoms with E-state index in [4.69, 9.17) is 0 Å². The summed E-state index contributed by atoms with van der Waals surface area (Å²) in [6.07, 6.45) is 1.29. The molecule has 0 spiro atoms. The number of amides is 1. The smallest absolute Gasteiger partial charge is 0.273 e. The minimum Gasteiger partial charge on any atom is -0.508 e. The fourth-order valence-corrected chi connectivity index (χ4v) is 2.93. The summed E-state index contributed by atoms with van der Waals surface area (Å²) in [5.41, 5.74) is 3.16. The van der Waals surface area contributed by atoms with Gasteiger partial charge in [0.1, 0.15) is 11.5 Å². The third-order valence-corrected chi connectivity index (χ3v) is 3.90. The number of carbonyl (C=O) groups excluding carboxylic acids is 1. The molecule has 0 radical (unpaired) electrons. The molecule has 5 nitrogen and oxygen atoms in total. The third-order valence-electron chi connectivity index (χ3n) is 2.57. The number of nitrogens with one attached hydrogen (secondary N) is 1. The van der Waals surface area contributed by atoms with E-state index in [1.165, 1.54) is 24.4 Å². The lowest BCUT2D eigenvalue weighted by molar-refractivity contribution is 0.0953. The van der Waals surface area contributed by atoms with Crippen molar-refractivity contribution in [3.05, 3.63) is 56.5 Å². The molecule has 7 heteroatoms. The van der Waals surface area contributed by atoms with Crippen molar-refractivity contribution < 1.29 is 15.0 Å². The first-order valence-corrected chi connectivity index (χ1v) is 7.37. The molecule has 108 valence electrons. The van der Waals surface area contributed by atoms with E-state index >= 15 is 0 Å². The van der Waals surface area contributed by atoms with Gasteiger partial charge in [0.05, 0.1) is 11.8 Å². The standard InChI is InChI=1S/C14H10Br2N2O3/c15-10-2-1-3-11(16)13(10)14(21)18-17-7-8-4-5-9(19)6-12(8)20/h1-7,19-20H,(H,18,21)/b17-7-. The third kappa shape index (κ3) is 3.83. The van der Waals surface area contributed by atoms with Gasteiger partial charge in [-0.3, -0.25) is 4.79 Å². The summed E-state index contributed by atoms with van der Waals surface area (Å²) < 4.78 is 1.27. The van der Waals surface area contributed by atoms with Gasteiger partial charge in [-0.05, 0) is 56.1 Å². The zero-order valence-electron chi connectivity index (χ0n) is 10.5. The van der Waals surface area contributed by atoms with Gasteiger partial charge < -0.3 is 10.2 Å². The van der Waals surface area contributed by atoms with Crippen molar-refractivity contribution in [3.8, 4) is 11.5 Å². The first-order valence-electron chi connectivity index (χ1n) is 5.78. The van der Waals surface area contributed by atoms with Gasteiger partial charge in [0.2, 0.25) is 0 Å². The van der Waals surface area contributed by atoms with Crippen molar-refractivity contribution in [1.82, 2.24) is 5.43 Å². The van der Waals surface area contributed by atoms with Crippen molar-refractivity contribution in [2.24, 2.45) is 5.10 Å². The minimum absolute atomic E-state index is 0.0502. The number of phenols is 2. The first kappa shape index (κ1) is 15.5.